The Morgan fingerprint density at radius 2 is 1.70 bits per heavy atom. The monoisotopic (exact) mass is 352 g/mol. The molecule has 0 atom stereocenters. The fourth-order valence-corrected chi connectivity index (χ4v) is 3.21. The van der Waals surface area contributed by atoms with Gasteiger partial charge in [-0.3, -0.25) is 0 Å². The van der Waals surface area contributed by atoms with Gasteiger partial charge in [0.05, 0.1) is 10.0 Å². The van der Waals surface area contributed by atoms with Crippen molar-refractivity contribution in [3.63, 3.8) is 0 Å². The van der Waals surface area contributed by atoms with E-state index in [0.717, 1.165) is 43.9 Å². The number of rotatable bonds is 4. The molecule has 0 radical (unpaired) electrons. The van der Waals surface area contributed by atoms with Gasteiger partial charge in [0.25, 0.3) is 0 Å². The van der Waals surface area contributed by atoms with Gasteiger partial charge in [-0.1, -0.05) is 23.2 Å². The van der Waals surface area contributed by atoms with Crippen molar-refractivity contribution in [3.05, 3.63) is 58.3 Å². The van der Waals surface area contributed by atoms with Crippen molar-refractivity contribution in [1.29, 1.82) is 0 Å². The van der Waals surface area contributed by atoms with Crippen molar-refractivity contribution in [2.75, 3.05) is 29.9 Å². The van der Waals surface area contributed by atoms with Crippen molar-refractivity contribution < 1.29 is 4.39 Å². The second-order valence-electron chi connectivity index (χ2n) is 5.92. The maximum Gasteiger partial charge on any atom is 0.123 e. The molecule has 0 amide bonds. The second kappa shape index (κ2) is 7.41. The van der Waals surface area contributed by atoms with Gasteiger partial charge in [0.15, 0.2) is 0 Å². The van der Waals surface area contributed by atoms with Crippen LogP contribution in [0.3, 0.4) is 0 Å². The molecule has 0 aromatic heterocycles. The second-order valence-corrected chi connectivity index (χ2v) is 6.73. The average Bonchev–Trinajstić information content (AvgIpc) is 2.57. The van der Waals surface area contributed by atoms with Crippen molar-refractivity contribution in [2.45, 2.75) is 12.8 Å². The van der Waals surface area contributed by atoms with E-state index in [-0.39, 0.29) is 5.82 Å². The summed E-state index contributed by atoms with van der Waals surface area (Å²) >= 11 is 12.0. The predicted molar refractivity (Wildman–Crippen MR) is 96.3 cm³/mol. The van der Waals surface area contributed by atoms with E-state index in [4.69, 9.17) is 23.2 Å². The Hall–Kier alpha value is -1.45. The van der Waals surface area contributed by atoms with Gasteiger partial charge in [0, 0.05) is 31.0 Å². The first-order valence-electron chi connectivity index (χ1n) is 7.81. The number of piperidine rings is 1. The summed E-state index contributed by atoms with van der Waals surface area (Å²) in [5.41, 5.74) is 2.10. The van der Waals surface area contributed by atoms with Crippen LogP contribution in [0.1, 0.15) is 12.8 Å². The van der Waals surface area contributed by atoms with Gasteiger partial charge >= 0.3 is 0 Å². The van der Waals surface area contributed by atoms with Crippen molar-refractivity contribution in [2.24, 2.45) is 5.92 Å². The van der Waals surface area contributed by atoms with Gasteiger partial charge in [0.1, 0.15) is 5.82 Å². The number of halogens is 3. The van der Waals surface area contributed by atoms with Crippen molar-refractivity contribution >= 4 is 34.6 Å². The fraction of sp³-hybridized carbons (Fsp3) is 0.333. The van der Waals surface area contributed by atoms with Gasteiger partial charge in [-0.25, -0.2) is 4.39 Å². The van der Waals surface area contributed by atoms with Gasteiger partial charge < -0.3 is 10.2 Å². The van der Waals surface area contributed by atoms with Crippen LogP contribution in [0.15, 0.2) is 42.5 Å². The quantitative estimate of drug-likeness (QED) is 0.785. The predicted octanol–water partition coefficient (Wildman–Crippen LogP) is 5.46. The molecule has 1 heterocycles. The van der Waals surface area contributed by atoms with Crippen LogP contribution in [0, 0.1) is 11.7 Å². The molecule has 2 nitrogen and oxygen atoms in total. The molecule has 3 rings (SSSR count). The van der Waals surface area contributed by atoms with E-state index in [1.807, 2.05) is 30.3 Å². The molecule has 2 aromatic rings. The molecule has 1 N–H and O–H groups in total. The third-order valence-electron chi connectivity index (χ3n) is 4.32. The molecule has 0 aliphatic carbocycles. The highest BCUT2D eigenvalue weighted by atomic mass is 35.5. The summed E-state index contributed by atoms with van der Waals surface area (Å²) in [6.07, 6.45) is 2.23. The van der Waals surface area contributed by atoms with Crippen LogP contribution in [-0.4, -0.2) is 19.6 Å². The van der Waals surface area contributed by atoms with E-state index < -0.39 is 0 Å². The molecule has 0 saturated carbocycles. The molecule has 1 aliphatic heterocycles. The van der Waals surface area contributed by atoms with Crippen LogP contribution in [0.25, 0.3) is 0 Å². The van der Waals surface area contributed by atoms with Crippen molar-refractivity contribution in [1.82, 2.24) is 0 Å². The zero-order chi connectivity index (χ0) is 16.2. The van der Waals surface area contributed by atoms with Crippen LogP contribution < -0.4 is 10.2 Å². The van der Waals surface area contributed by atoms with E-state index in [2.05, 4.69) is 10.2 Å². The Kier molecular flexibility index (Phi) is 5.29. The van der Waals surface area contributed by atoms with Crippen LogP contribution in [-0.2, 0) is 0 Å². The average molecular weight is 353 g/mol. The topological polar surface area (TPSA) is 15.3 Å². The maximum absolute atomic E-state index is 13.0. The third-order valence-corrected chi connectivity index (χ3v) is 5.06. The number of nitrogens with zero attached hydrogens (tertiary/aromatic N) is 1. The SMILES string of the molecule is Fc1ccc(N2CCC(CNc3ccc(Cl)c(Cl)c3)CC2)cc1. The minimum atomic E-state index is -0.186. The van der Waals surface area contributed by atoms with Crippen LogP contribution >= 0.6 is 23.2 Å². The van der Waals surface area contributed by atoms with Gasteiger partial charge in [0.2, 0.25) is 0 Å². The molecule has 0 bridgehead atoms. The van der Waals surface area contributed by atoms with E-state index in [0.29, 0.717) is 16.0 Å². The summed E-state index contributed by atoms with van der Waals surface area (Å²) in [6.45, 7) is 2.92. The van der Waals surface area contributed by atoms with Gasteiger partial charge in [-0.2, -0.15) is 0 Å². The minimum absolute atomic E-state index is 0.186. The molecule has 0 spiro atoms. The van der Waals surface area contributed by atoms with Gasteiger partial charge in [-0.15, -0.1) is 0 Å². The Labute approximate surface area is 146 Å². The number of hydrogen-bond acceptors (Lipinski definition) is 2. The molecule has 1 fully saturated rings. The highest BCUT2D eigenvalue weighted by Crippen LogP contribution is 2.27. The summed E-state index contributed by atoms with van der Waals surface area (Å²) in [7, 11) is 0. The number of nitrogens with one attached hydrogen (secondary N) is 1. The number of anilines is 2. The first-order valence-corrected chi connectivity index (χ1v) is 8.57. The molecular weight excluding hydrogens is 334 g/mol. The van der Waals surface area contributed by atoms with Crippen LogP contribution in [0.4, 0.5) is 15.8 Å². The third kappa shape index (κ3) is 4.30. The smallest absolute Gasteiger partial charge is 0.123 e. The maximum atomic E-state index is 13.0. The molecule has 122 valence electrons. The molecule has 5 heteroatoms. The first kappa shape index (κ1) is 16.4. The minimum Gasteiger partial charge on any atom is -0.385 e. The normalized spacial score (nSPS) is 15.7. The summed E-state index contributed by atoms with van der Waals surface area (Å²) in [5, 5.41) is 4.58. The lowest BCUT2D eigenvalue weighted by molar-refractivity contribution is 0.423. The molecule has 23 heavy (non-hydrogen) atoms. The Morgan fingerprint density at radius 3 is 2.35 bits per heavy atom. The Bertz CT molecular complexity index is 653. The highest BCUT2D eigenvalue weighted by molar-refractivity contribution is 6.42. The van der Waals surface area contributed by atoms with E-state index in [9.17, 15) is 4.39 Å². The highest BCUT2D eigenvalue weighted by Gasteiger charge is 2.19. The summed E-state index contributed by atoms with van der Waals surface area (Å²) < 4.78 is 13.0. The molecule has 2 aromatic carbocycles. The fourth-order valence-electron chi connectivity index (χ4n) is 2.92. The van der Waals surface area contributed by atoms with Crippen LogP contribution in [0.2, 0.25) is 10.0 Å². The summed E-state index contributed by atoms with van der Waals surface area (Å²) in [4.78, 5) is 2.31. The summed E-state index contributed by atoms with van der Waals surface area (Å²) in [5.74, 6) is 0.440. The molecule has 1 saturated heterocycles. The Balaban J connectivity index is 1.49. The standard InChI is InChI=1S/C18H19Cl2FN2/c19-17-6-3-15(11-18(17)20)22-12-13-7-9-23(10-8-13)16-4-1-14(21)2-5-16/h1-6,11,13,22H,7-10,12H2. The largest absolute Gasteiger partial charge is 0.385 e. The first-order chi connectivity index (χ1) is 11.1. The zero-order valence-electron chi connectivity index (χ0n) is 12.7. The number of benzene rings is 2. The molecule has 1 aliphatic rings. The van der Waals surface area contributed by atoms with E-state index in [1.165, 1.54) is 12.1 Å². The lowest BCUT2D eigenvalue weighted by Crippen LogP contribution is -2.35. The lowest BCUT2D eigenvalue weighted by Gasteiger charge is -2.33. The van der Waals surface area contributed by atoms with E-state index in [1.54, 1.807) is 0 Å². The molecular formula is C18H19Cl2FN2. The van der Waals surface area contributed by atoms with Crippen LogP contribution in [0.5, 0.6) is 0 Å². The van der Waals surface area contributed by atoms with Gasteiger partial charge in [-0.05, 0) is 61.2 Å². The zero-order valence-corrected chi connectivity index (χ0v) is 14.2. The number of hydrogen-bond donors (Lipinski definition) is 1. The van der Waals surface area contributed by atoms with E-state index >= 15 is 0 Å². The van der Waals surface area contributed by atoms with Crippen molar-refractivity contribution in [3.8, 4) is 0 Å². The summed E-state index contributed by atoms with van der Waals surface area (Å²) in [6, 6.07) is 12.4. The Morgan fingerprint density at radius 1 is 1.00 bits per heavy atom. The molecule has 0 unspecified atom stereocenters. The lowest BCUT2D eigenvalue weighted by atomic mass is 9.96.